The van der Waals surface area contributed by atoms with E-state index in [0.717, 1.165) is 19.3 Å². The minimum Gasteiger partial charge on any atom is -0.481 e. The Morgan fingerprint density at radius 1 is 1.42 bits per heavy atom. The summed E-state index contributed by atoms with van der Waals surface area (Å²) in [5.74, 6) is -0.647. The van der Waals surface area contributed by atoms with Crippen molar-refractivity contribution >= 4 is 33.9 Å². The number of amides is 1. The first kappa shape index (κ1) is 20.0. The average molecular weight is 421 g/mol. The maximum Gasteiger partial charge on any atom is 0.341 e. The van der Waals surface area contributed by atoms with Crippen LogP contribution in [0.2, 0.25) is 0 Å². The fraction of sp³-hybridized carbons (Fsp3) is 0.421. The molecule has 0 radical (unpaired) electrons. The van der Waals surface area contributed by atoms with E-state index < -0.39 is 12.6 Å². The number of hydrogen-bond acceptors (Lipinski definition) is 4. The van der Waals surface area contributed by atoms with Crippen molar-refractivity contribution < 1.29 is 19.4 Å². The van der Waals surface area contributed by atoms with Crippen LogP contribution in [-0.2, 0) is 9.59 Å². The van der Waals surface area contributed by atoms with Crippen molar-refractivity contribution in [3.05, 3.63) is 33.8 Å². The van der Waals surface area contributed by atoms with Crippen LogP contribution in [0.1, 0.15) is 38.2 Å². The van der Waals surface area contributed by atoms with Gasteiger partial charge in [-0.3, -0.25) is 4.79 Å². The van der Waals surface area contributed by atoms with Crippen LogP contribution in [0.15, 0.2) is 28.2 Å². The number of carboxylic acid groups (broad SMARTS) is 1. The molecule has 1 amide bonds. The molecule has 0 aromatic heterocycles. The maximum absolute atomic E-state index is 12.4. The third-order valence-corrected chi connectivity index (χ3v) is 5.03. The normalized spacial score (nSPS) is 20.1. The summed E-state index contributed by atoms with van der Waals surface area (Å²) in [6, 6.07) is 6.98. The van der Waals surface area contributed by atoms with Gasteiger partial charge in [0.25, 0.3) is 5.91 Å². The zero-order chi connectivity index (χ0) is 19.1. The number of ether oxygens (including phenoxy) is 1. The van der Waals surface area contributed by atoms with Crippen molar-refractivity contribution in [3.63, 3.8) is 0 Å². The second-order valence-corrected chi connectivity index (χ2v) is 7.24. The average Bonchev–Trinajstić information content (AvgIpc) is 2.60. The van der Waals surface area contributed by atoms with Crippen LogP contribution in [0, 0.1) is 17.2 Å². The number of carboxylic acids is 1. The number of nitrogens with zero attached hydrogens (tertiary/aromatic N) is 1. The van der Waals surface area contributed by atoms with E-state index in [9.17, 15) is 14.9 Å². The topological polar surface area (TPSA) is 99.4 Å². The summed E-state index contributed by atoms with van der Waals surface area (Å²) >= 11 is 3.30. The van der Waals surface area contributed by atoms with E-state index >= 15 is 0 Å². The molecule has 1 fully saturated rings. The van der Waals surface area contributed by atoms with E-state index in [0.29, 0.717) is 21.7 Å². The molecule has 0 aliphatic heterocycles. The number of rotatable bonds is 6. The first-order valence-electron chi connectivity index (χ1n) is 8.47. The van der Waals surface area contributed by atoms with Gasteiger partial charge in [0.15, 0.2) is 6.61 Å². The molecule has 0 unspecified atom stereocenters. The highest BCUT2D eigenvalue weighted by Crippen LogP contribution is 2.27. The van der Waals surface area contributed by atoms with Gasteiger partial charge in [-0.25, -0.2) is 4.79 Å². The van der Waals surface area contributed by atoms with Crippen LogP contribution in [0.3, 0.4) is 0 Å². The number of halogens is 1. The third kappa shape index (κ3) is 5.60. The Kier molecular flexibility index (Phi) is 7.22. The summed E-state index contributed by atoms with van der Waals surface area (Å²) in [7, 11) is 0. The standard InChI is InChI=1S/C19H21BrN2O4/c1-12-4-2-3-5-16(12)22-19(25)14(10-21)8-13-6-7-17(15(20)9-13)26-11-18(23)24/h6-9,12,16H,2-5,11H2,1H3,(H,22,25)(H,23,24)/b14-8+/t12-,16+/m0/s1. The molecule has 1 aromatic rings. The van der Waals surface area contributed by atoms with Gasteiger partial charge in [0.05, 0.1) is 4.47 Å². The van der Waals surface area contributed by atoms with E-state index in [1.165, 1.54) is 12.5 Å². The summed E-state index contributed by atoms with van der Waals surface area (Å²) in [6.45, 7) is 1.67. The van der Waals surface area contributed by atoms with Gasteiger partial charge in [0, 0.05) is 6.04 Å². The van der Waals surface area contributed by atoms with E-state index in [-0.39, 0.29) is 17.5 Å². The molecule has 0 spiro atoms. The third-order valence-electron chi connectivity index (χ3n) is 4.41. The minimum absolute atomic E-state index is 0.0360. The molecule has 0 bridgehead atoms. The van der Waals surface area contributed by atoms with Crippen LogP contribution >= 0.6 is 15.9 Å². The molecule has 1 aromatic carbocycles. The lowest BCUT2D eigenvalue weighted by Crippen LogP contribution is -2.41. The molecule has 7 heteroatoms. The van der Waals surface area contributed by atoms with Crippen molar-refractivity contribution in [1.29, 1.82) is 5.26 Å². The van der Waals surface area contributed by atoms with Crippen LogP contribution in [-0.4, -0.2) is 29.6 Å². The molecule has 0 heterocycles. The van der Waals surface area contributed by atoms with Gasteiger partial charge >= 0.3 is 5.97 Å². The van der Waals surface area contributed by atoms with Gasteiger partial charge in [0.2, 0.25) is 0 Å². The summed E-state index contributed by atoms with van der Waals surface area (Å²) in [5.41, 5.74) is 0.678. The Bertz CT molecular complexity index is 754. The van der Waals surface area contributed by atoms with Crippen LogP contribution in [0.4, 0.5) is 0 Å². The van der Waals surface area contributed by atoms with Gasteiger partial charge in [-0.15, -0.1) is 0 Å². The van der Waals surface area contributed by atoms with Gasteiger partial charge < -0.3 is 15.2 Å². The van der Waals surface area contributed by atoms with Crippen molar-refractivity contribution in [2.75, 3.05) is 6.61 Å². The lowest BCUT2D eigenvalue weighted by Gasteiger charge is -2.29. The molecule has 1 aliphatic rings. The largest absolute Gasteiger partial charge is 0.481 e. The van der Waals surface area contributed by atoms with Gasteiger partial charge in [-0.1, -0.05) is 25.8 Å². The molecular weight excluding hydrogens is 400 g/mol. The summed E-state index contributed by atoms with van der Waals surface area (Å²) < 4.78 is 5.68. The predicted molar refractivity (Wildman–Crippen MR) is 100 cm³/mol. The molecule has 2 rings (SSSR count). The molecule has 2 atom stereocenters. The van der Waals surface area contributed by atoms with Crippen molar-refractivity contribution in [1.82, 2.24) is 5.32 Å². The smallest absolute Gasteiger partial charge is 0.341 e. The lowest BCUT2D eigenvalue weighted by molar-refractivity contribution is -0.139. The molecule has 0 saturated heterocycles. The van der Waals surface area contributed by atoms with Gasteiger partial charge in [-0.2, -0.15) is 5.26 Å². The zero-order valence-electron chi connectivity index (χ0n) is 14.5. The second-order valence-electron chi connectivity index (χ2n) is 6.38. The monoisotopic (exact) mass is 420 g/mol. The predicted octanol–water partition coefficient (Wildman–Crippen LogP) is 3.51. The van der Waals surface area contributed by atoms with E-state index in [2.05, 4.69) is 28.2 Å². The van der Waals surface area contributed by atoms with Crippen molar-refractivity contribution in [2.24, 2.45) is 5.92 Å². The maximum atomic E-state index is 12.4. The zero-order valence-corrected chi connectivity index (χ0v) is 16.1. The summed E-state index contributed by atoms with van der Waals surface area (Å²) in [4.78, 5) is 23.0. The Morgan fingerprint density at radius 3 is 2.77 bits per heavy atom. The molecule has 26 heavy (non-hydrogen) atoms. The van der Waals surface area contributed by atoms with Crippen LogP contribution in [0.25, 0.3) is 6.08 Å². The molecule has 138 valence electrons. The molecular formula is C19H21BrN2O4. The Balaban J connectivity index is 2.09. The Morgan fingerprint density at radius 2 is 2.15 bits per heavy atom. The number of hydrogen-bond donors (Lipinski definition) is 2. The van der Waals surface area contributed by atoms with Crippen molar-refractivity contribution in [3.8, 4) is 11.8 Å². The van der Waals surface area contributed by atoms with Gasteiger partial charge in [0.1, 0.15) is 17.4 Å². The number of nitrogens with one attached hydrogen (secondary N) is 1. The number of carbonyl (C=O) groups is 2. The highest BCUT2D eigenvalue weighted by Gasteiger charge is 2.24. The van der Waals surface area contributed by atoms with Crippen LogP contribution < -0.4 is 10.1 Å². The fourth-order valence-electron chi connectivity index (χ4n) is 2.96. The molecule has 1 aliphatic carbocycles. The van der Waals surface area contributed by atoms with Crippen LogP contribution in [0.5, 0.6) is 5.75 Å². The first-order chi connectivity index (χ1) is 12.4. The minimum atomic E-state index is -1.07. The van der Waals surface area contributed by atoms with Crippen molar-refractivity contribution in [2.45, 2.75) is 38.6 Å². The van der Waals surface area contributed by atoms with E-state index in [1.807, 2.05) is 6.07 Å². The number of benzene rings is 1. The number of carbonyl (C=O) groups excluding carboxylic acids is 1. The highest BCUT2D eigenvalue weighted by molar-refractivity contribution is 9.10. The summed E-state index contributed by atoms with van der Waals surface area (Å²) in [5, 5.41) is 21.0. The fourth-order valence-corrected chi connectivity index (χ4v) is 3.47. The molecule has 2 N–H and O–H groups in total. The molecule has 1 saturated carbocycles. The molecule has 6 nitrogen and oxygen atoms in total. The second kappa shape index (κ2) is 9.39. The Labute approximate surface area is 161 Å². The SMILES string of the molecule is C[C@H]1CCCC[C@H]1NC(=O)/C(C#N)=C/c1ccc(OCC(=O)O)c(Br)c1. The summed E-state index contributed by atoms with van der Waals surface area (Å²) in [6.07, 6.45) is 5.80. The first-order valence-corrected chi connectivity index (χ1v) is 9.27. The number of aliphatic carboxylic acids is 1. The quantitative estimate of drug-likeness (QED) is 0.541. The lowest BCUT2D eigenvalue weighted by atomic mass is 9.86. The Hall–Kier alpha value is -2.33. The number of nitriles is 1. The van der Waals surface area contributed by atoms with E-state index in [1.54, 1.807) is 18.2 Å². The highest BCUT2D eigenvalue weighted by atomic mass is 79.9. The van der Waals surface area contributed by atoms with Gasteiger partial charge in [-0.05, 0) is 58.5 Å². The van der Waals surface area contributed by atoms with E-state index in [4.69, 9.17) is 9.84 Å².